The minimum atomic E-state index is -0.946. The van der Waals surface area contributed by atoms with Gasteiger partial charge in [-0.2, -0.15) is 0 Å². The highest BCUT2D eigenvalue weighted by atomic mass is 16.4. The molecule has 0 rings (SSSR count). The topological polar surface area (TPSA) is 78.4 Å². The molecule has 16 heavy (non-hydrogen) atoms. The Morgan fingerprint density at radius 1 is 1.19 bits per heavy atom. The lowest BCUT2D eigenvalue weighted by molar-refractivity contribution is -0.147. The molecular formula is C11H22N2O3. The Labute approximate surface area is 96.6 Å². The van der Waals surface area contributed by atoms with Gasteiger partial charge in [0.1, 0.15) is 0 Å². The number of hydrogen-bond donors (Lipinski definition) is 3. The van der Waals surface area contributed by atoms with Gasteiger partial charge in [-0.1, -0.05) is 6.92 Å². The number of carboxylic acid groups (broad SMARTS) is 1. The van der Waals surface area contributed by atoms with Crippen molar-refractivity contribution in [2.75, 3.05) is 13.1 Å². The molecule has 0 aliphatic carbocycles. The molecule has 0 aromatic carbocycles. The van der Waals surface area contributed by atoms with Crippen LogP contribution in [-0.2, 0) is 9.59 Å². The van der Waals surface area contributed by atoms with Crippen LogP contribution in [0.2, 0.25) is 0 Å². The quantitative estimate of drug-likeness (QED) is 0.624. The van der Waals surface area contributed by atoms with Gasteiger partial charge in [0.05, 0.1) is 11.0 Å². The van der Waals surface area contributed by atoms with Crippen molar-refractivity contribution in [1.29, 1.82) is 0 Å². The first-order valence-corrected chi connectivity index (χ1v) is 5.40. The van der Waals surface area contributed by atoms with Crippen molar-refractivity contribution in [2.24, 2.45) is 5.41 Å². The Balaban J connectivity index is 4.33. The fraction of sp³-hybridized carbons (Fsp3) is 0.818. The molecule has 0 saturated carbocycles. The number of carbonyl (C=O) groups excluding carboxylic acids is 1. The second kappa shape index (κ2) is 5.30. The summed E-state index contributed by atoms with van der Waals surface area (Å²) in [7, 11) is 0. The minimum absolute atomic E-state index is 0.121. The highest BCUT2D eigenvalue weighted by Crippen LogP contribution is 2.13. The summed E-state index contributed by atoms with van der Waals surface area (Å²) in [6, 6.07) is 0. The van der Waals surface area contributed by atoms with Gasteiger partial charge in [-0.15, -0.1) is 0 Å². The first kappa shape index (κ1) is 14.9. The lowest BCUT2D eigenvalue weighted by atomic mass is 9.93. The molecule has 0 heterocycles. The summed E-state index contributed by atoms with van der Waals surface area (Å²) in [4.78, 5) is 22.6. The molecule has 0 bridgehead atoms. The van der Waals surface area contributed by atoms with Crippen LogP contribution in [0.5, 0.6) is 0 Å². The minimum Gasteiger partial charge on any atom is -0.481 e. The SMILES string of the molecule is CCNC(C)(C)C(=O)NCC(C)(C)C(=O)O. The molecule has 0 saturated heterocycles. The summed E-state index contributed by atoms with van der Waals surface area (Å²) in [5, 5.41) is 14.6. The third kappa shape index (κ3) is 4.18. The van der Waals surface area contributed by atoms with Gasteiger partial charge in [0.2, 0.25) is 5.91 Å². The van der Waals surface area contributed by atoms with Crippen molar-refractivity contribution < 1.29 is 14.7 Å². The molecule has 3 N–H and O–H groups in total. The van der Waals surface area contributed by atoms with Crippen molar-refractivity contribution >= 4 is 11.9 Å². The van der Waals surface area contributed by atoms with E-state index >= 15 is 0 Å². The average Bonchev–Trinajstić information content (AvgIpc) is 2.13. The molecule has 0 atom stereocenters. The van der Waals surface area contributed by atoms with Gasteiger partial charge in [0.25, 0.3) is 0 Å². The molecule has 0 aromatic rings. The van der Waals surface area contributed by atoms with E-state index in [1.807, 2.05) is 6.92 Å². The molecule has 1 amide bonds. The zero-order valence-electron chi connectivity index (χ0n) is 10.7. The standard InChI is InChI=1S/C11H22N2O3/c1-6-13-11(4,5)8(14)12-7-10(2,3)9(15)16/h13H,6-7H2,1-5H3,(H,12,14)(H,15,16). The molecule has 0 unspecified atom stereocenters. The number of hydrogen-bond acceptors (Lipinski definition) is 3. The van der Waals surface area contributed by atoms with E-state index in [2.05, 4.69) is 10.6 Å². The maximum Gasteiger partial charge on any atom is 0.310 e. The lowest BCUT2D eigenvalue weighted by Gasteiger charge is -2.27. The number of carboxylic acids is 1. The van der Waals surface area contributed by atoms with Gasteiger partial charge in [0, 0.05) is 6.54 Å². The zero-order chi connectivity index (χ0) is 13.0. The highest BCUT2D eigenvalue weighted by molar-refractivity contribution is 5.86. The Bertz CT molecular complexity index is 272. The predicted molar refractivity (Wildman–Crippen MR) is 62.2 cm³/mol. The molecule has 0 spiro atoms. The maximum atomic E-state index is 11.8. The van der Waals surface area contributed by atoms with Crippen LogP contribution < -0.4 is 10.6 Å². The molecule has 94 valence electrons. The molecule has 0 aliphatic heterocycles. The van der Waals surface area contributed by atoms with E-state index in [1.165, 1.54) is 0 Å². The van der Waals surface area contributed by atoms with Crippen LogP contribution >= 0.6 is 0 Å². The van der Waals surface area contributed by atoms with E-state index in [0.29, 0.717) is 6.54 Å². The van der Waals surface area contributed by atoms with Crippen molar-refractivity contribution in [3.63, 3.8) is 0 Å². The van der Waals surface area contributed by atoms with Crippen LogP contribution in [0, 0.1) is 5.41 Å². The van der Waals surface area contributed by atoms with E-state index in [-0.39, 0.29) is 12.5 Å². The lowest BCUT2D eigenvalue weighted by Crippen LogP contribution is -2.54. The van der Waals surface area contributed by atoms with E-state index < -0.39 is 16.9 Å². The number of amides is 1. The Morgan fingerprint density at radius 3 is 2.06 bits per heavy atom. The summed E-state index contributed by atoms with van der Waals surface area (Å²) >= 11 is 0. The molecular weight excluding hydrogens is 208 g/mol. The van der Waals surface area contributed by atoms with Crippen molar-refractivity contribution in [1.82, 2.24) is 10.6 Å². The first-order chi connectivity index (χ1) is 7.13. The number of rotatable bonds is 6. The van der Waals surface area contributed by atoms with Crippen molar-refractivity contribution in [3.05, 3.63) is 0 Å². The Morgan fingerprint density at radius 2 is 1.69 bits per heavy atom. The second-order valence-corrected chi connectivity index (χ2v) is 5.03. The molecule has 5 heteroatoms. The number of nitrogens with one attached hydrogen (secondary N) is 2. The molecule has 0 fully saturated rings. The van der Waals surface area contributed by atoms with Crippen LogP contribution in [0.4, 0.5) is 0 Å². The smallest absolute Gasteiger partial charge is 0.310 e. The van der Waals surface area contributed by atoms with Gasteiger partial charge in [0.15, 0.2) is 0 Å². The largest absolute Gasteiger partial charge is 0.481 e. The van der Waals surface area contributed by atoms with E-state index in [0.717, 1.165) is 0 Å². The number of likely N-dealkylation sites (N-methyl/N-ethyl adjacent to an activating group) is 1. The third-order valence-electron chi connectivity index (χ3n) is 2.46. The van der Waals surface area contributed by atoms with Gasteiger partial charge in [-0.05, 0) is 34.2 Å². The van der Waals surface area contributed by atoms with Gasteiger partial charge in [-0.25, -0.2) is 0 Å². The molecule has 0 aromatic heterocycles. The average molecular weight is 230 g/mol. The van der Waals surface area contributed by atoms with Gasteiger partial charge < -0.3 is 15.7 Å². The number of aliphatic carboxylic acids is 1. The molecule has 0 radical (unpaired) electrons. The predicted octanol–water partition coefficient (Wildman–Crippen LogP) is 0.601. The highest BCUT2D eigenvalue weighted by Gasteiger charge is 2.31. The van der Waals surface area contributed by atoms with E-state index in [4.69, 9.17) is 5.11 Å². The molecule has 0 aliphatic rings. The van der Waals surface area contributed by atoms with Crippen LogP contribution in [0.3, 0.4) is 0 Å². The van der Waals surface area contributed by atoms with Gasteiger partial charge in [-0.3, -0.25) is 9.59 Å². The maximum absolute atomic E-state index is 11.8. The van der Waals surface area contributed by atoms with Crippen molar-refractivity contribution in [2.45, 2.75) is 40.2 Å². The summed E-state index contributed by atoms with van der Waals surface area (Å²) < 4.78 is 0. The summed E-state index contributed by atoms with van der Waals surface area (Å²) in [5.74, 6) is -1.11. The van der Waals surface area contributed by atoms with Crippen molar-refractivity contribution in [3.8, 4) is 0 Å². The number of carbonyl (C=O) groups is 2. The molecule has 5 nitrogen and oxygen atoms in total. The normalized spacial score (nSPS) is 12.3. The Kier molecular flexibility index (Phi) is 4.93. The van der Waals surface area contributed by atoms with Crippen LogP contribution in [0.1, 0.15) is 34.6 Å². The third-order valence-corrected chi connectivity index (χ3v) is 2.46. The first-order valence-electron chi connectivity index (χ1n) is 5.40. The fourth-order valence-corrected chi connectivity index (χ4v) is 1.12. The zero-order valence-corrected chi connectivity index (χ0v) is 10.7. The van der Waals surface area contributed by atoms with Gasteiger partial charge >= 0.3 is 5.97 Å². The fourth-order valence-electron chi connectivity index (χ4n) is 1.12. The van der Waals surface area contributed by atoms with Crippen LogP contribution in [0.25, 0.3) is 0 Å². The van der Waals surface area contributed by atoms with E-state index in [1.54, 1.807) is 27.7 Å². The Hall–Kier alpha value is -1.10. The second-order valence-electron chi connectivity index (χ2n) is 5.03. The van der Waals surface area contributed by atoms with Crippen LogP contribution in [-0.4, -0.2) is 35.6 Å². The summed E-state index contributed by atoms with van der Waals surface area (Å²) in [5.41, 5.74) is -1.62. The summed E-state index contributed by atoms with van der Waals surface area (Å²) in [6.45, 7) is 9.40. The monoisotopic (exact) mass is 230 g/mol. The summed E-state index contributed by atoms with van der Waals surface area (Å²) in [6.07, 6.45) is 0. The van der Waals surface area contributed by atoms with E-state index in [9.17, 15) is 9.59 Å². The van der Waals surface area contributed by atoms with Crippen LogP contribution in [0.15, 0.2) is 0 Å².